The Hall–Kier alpha value is -1.46. The van der Waals surface area contributed by atoms with Crippen molar-refractivity contribution in [1.29, 1.82) is 0 Å². The normalized spacial score (nSPS) is 12.3. The van der Waals surface area contributed by atoms with Gasteiger partial charge in [0.05, 0.1) is 17.6 Å². The number of ether oxygens (including phenoxy) is 1. The Morgan fingerprint density at radius 2 is 1.95 bits per heavy atom. The smallest absolute Gasteiger partial charge is 0.170 e. The first kappa shape index (κ1) is 14.0. The molecule has 2 rings (SSSR count). The van der Waals surface area contributed by atoms with Gasteiger partial charge in [-0.05, 0) is 39.7 Å². The molecule has 0 amide bonds. The van der Waals surface area contributed by atoms with Crippen molar-refractivity contribution in [3.63, 3.8) is 0 Å². The molecule has 0 heterocycles. The van der Waals surface area contributed by atoms with E-state index in [-0.39, 0.29) is 11.3 Å². The van der Waals surface area contributed by atoms with Gasteiger partial charge in [-0.15, -0.1) is 0 Å². The van der Waals surface area contributed by atoms with Crippen molar-refractivity contribution in [2.45, 2.75) is 6.04 Å². The lowest BCUT2D eigenvalue weighted by Crippen LogP contribution is -2.14. The first-order valence-electron chi connectivity index (χ1n) is 5.57. The minimum atomic E-state index is -0.752. The summed E-state index contributed by atoms with van der Waals surface area (Å²) in [6, 6.07) is 8.44. The molecule has 2 aromatic carbocycles. The molecule has 2 nitrogen and oxygen atoms in total. The molecule has 1 atom stereocenters. The first-order chi connectivity index (χ1) is 9.04. The van der Waals surface area contributed by atoms with Crippen LogP contribution >= 0.6 is 15.9 Å². The van der Waals surface area contributed by atoms with Crippen LogP contribution in [0.15, 0.2) is 40.9 Å². The van der Waals surface area contributed by atoms with Crippen LogP contribution in [-0.2, 0) is 0 Å². The third-order valence-corrected chi connectivity index (χ3v) is 3.49. The van der Waals surface area contributed by atoms with Crippen LogP contribution in [0, 0.1) is 11.6 Å². The zero-order valence-corrected chi connectivity index (χ0v) is 11.7. The molecule has 0 aliphatic rings. The molecular weight excluding hydrogens is 316 g/mol. The lowest BCUT2D eigenvalue weighted by molar-refractivity contribution is 0.383. The van der Waals surface area contributed by atoms with Crippen molar-refractivity contribution >= 4 is 15.9 Å². The zero-order chi connectivity index (χ0) is 14.0. The minimum Gasteiger partial charge on any atom is -0.494 e. The van der Waals surface area contributed by atoms with Crippen LogP contribution in [0.4, 0.5) is 8.78 Å². The van der Waals surface area contributed by atoms with Gasteiger partial charge in [0.15, 0.2) is 11.6 Å². The maximum atomic E-state index is 14.1. The molecule has 5 heteroatoms. The van der Waals surface area contributed by atoms with E-state index in [2.05, 4.69) is 15.9 Å². The van der Waals surface area contributed by atoms with Gasteiger partial charge in [0.1, 0.15) is 5.82 Å². The molecular formula is C14H12BrF2NO. The van der Waals surface area contributed by atoms with E-state index < -0.39 is 17.7 Å². The van der Waals surface area contributed by atoms with Crippen LogP contribution in [0.2, 0.25) is 0 Å². The highest BCUT2D eigenvalue weighted by Gasteiger charge is 2.17. The average Bonchev–Trinajstić information content (AvgIpc) is 2.41. The highest BCUT2D eigenvalue weighted by molar-refractivity contribution is 9.10. The van der Waals surface area contributed by atoms with Gasteiger partial charge in [-0.1, -0.05) is 18.2 Å². The number of methoxy groups -OCH3 is 1. The van der Waals surface area contributed by atoms with Crippen molar-refractivity contribution in [1.82, 2.24) is 0 Å². The first-order valence-corrected chi connectivity index (χ1v) is 6.37. The third-order valence-electron chi connectivity index (χ3n) is 2.85. The number of nitrogens with two attached hydrogens (primary N) is 1. The standard InChI is InChI=1S/C14H12BrF2NO/c1-19-12-4-2-3-9(13(12)17)14(18)8-5-6-10(15)11(16)7-8/h2-7,14H,18H2,1H3. The van der Waals surface area contributed by atoms with Gasteiger partial charge in [0, 0.05) is 5.56 Å². The van der Waals surface area contributed by atoms with Crippen LogP contribution in [-0.4, -0.2) is 7.11 Å². The Bertz CT molecular complexity index is 604. The van der Waals surface area contributed by atoms with Crippen molar-refractivity contribution in [2.24, 2.45) is 5.73 Å². The van der Waals surface area contributed by atoms with E-state index in [1.165, 1.54) is 19.2 Å². The van der Waals surface area contributed by atoms with Gasteiger partial charge in [-0.2, -0.15) is 0 Å². The molecule has 0 spiro atoms. The SMILES string of the molecule is COc1cccc(C(N)c2ccc(Br)c(F)c2)c1F. The molecule has 100 valence electrons. The summed E-state index contributed by atoms with van der Waals surface area (Å²) in [5.41, 5.74) is 6.74. The Labute approximate surface area is 118 Å². The van der Waals surface area contributed by atoms with Crippen LogP contribution in [0.3, 0.4) is 0 Å². The topological polar surface area (TPSA) is 35.2 Å². The minimum absolute atomic E-state index is 0.116. The zero-order valence-electron chi connectivity index (χ0n) is 10.2. The van der Waals surface area contributed by atoms with E-state index in [9.17, 15) is 8.78 Å². The molecule has 1 unspecified atom stereocenters. The van der Waals surface area contributed by atoms with Gasteiger partial charge in [0.2, 0.25) is 0 Å². The Kier molecular flexibility index (Phi) is 4.17. The fraction of sp³-hybridized carbons (Fsp3) is 0.143. The van der Waals surface area contributed by atoms with E-state index in [1.54, 1.807) is 24.3 Å². The fourth-order valence-electron chi connectivity index (χ4n) is 1.81. The maximum absolute atomic E-state index is 14.1. The lowest BCUT2D eigenvalue weighted by Gasteiger charge is -2.15. The van der Waals surface area contributed by atoms with E-state index in [0.717, 1.165) is 0 Å². The van der Waals surface area contributed by atoms with E-state index in [0.29, 0.717) is 10.0 Å². The largest absolute Gasteiger partial charge is 0.494 e. The molecule has 19 heavy (non-hydrogen) atoms. The number of hydrogen-bond donors (Lipinski definition) is 1. The second-order valence-corrected chi connectivity index (χ2v) is 4.87. The molecule has 0 saturated heterocycles. The van der Waals surface area contributed by atoms with Crippen LogP contribution in [0.5, 0.6) is 5.75 Å². The third kappa shape index (κ3) is 2.77. The summed E-state index contributed by atoms with van der Waals surface area (Å²) in [4.78, 5) is 0. The summed E-state index contributed by atoms with van der Waals surface area (Å²) in [6.45, 7) is 0. The summed E-state index contributed by atoms with van der Waals surface area (Å²) < 4.78 is 32.8. The summed E-state index contributed by atoms with van der Waals surface area (Å²) in [5, 5.41) is 0. The van der Waals surface area contributed by atoms with Gasteiger partial charge >= 0.3 is 0 Å². The second kappa shape index (κ2) is 5.67. The molecule has 0 fully saturated rings. The lowest BCUT2D eigenvalue weighted by atomic mass is 9.99. The van der Waals surface area contributed by atoms with Crippen molar-refractivity contribution in [3.8, 4) is 5.75 Å². The van der Waals surface area contributed by atoms with Gasteiger partial charge in [0.25, 0.3) is 0 Å². The highest BCUT2D eigenvalue weighted by Crippen LogP contribution is 2.29. The van der Waals surface area contributed by atoms with Crippen LogP contribution in [0.25, 0.3) is 0 Å². The van der Waals surface area contributed by atoms with Gasteiger partial charge < -0.3 is 10.5 Å². The monoisotopic (exact) mass is 327 g/mol. The molecule has 0 radical (unpaired) electrons. The van der Waals surface area contributed by atoms with Crippen molar-refractivity contribution in [3.05, 3.63) is 63.6 Å². The summed E-state index contributed by atoms with van der Waals surface area (Å²) >= 11 is 3.06. The number of halogens is 3. The predicted molar refractivity (Wildman–Crippen MR) is 73.1 cm³/mol. The van der Waals surface area contributed by atoms with Gasteiger partial charge in [-0.3, -0.25) is 0 Å². The Balaban J connectivity index is 2.43. The van der Waals surface area contributed by atoms with E-state index >= 15 is 0 Å². The predicted octanol–water partition coefficient (Wildman–Crippen LogP) is 3.78. The van der Waals surface area contributed by atoms with E-state index in [4.69, 9.17) is 10.5 Å². The molecule has 0 aliphatic heterocycles. The number of benzene rings is 2. The molecule has 0 aromatic heterocycles. The Morgan fingerprint density at radius 3 is 2.58 bits per heavy atom. The van der Waals surface area contributed by atoms with Crippen LogP contribution < -0.4 is 10.5 Å². The Morgan fingerprint density at radius 1 is 1.21 bits per heavy atom. The summed E-state index contributed by atoms with van der Waals surface area (Å²) in [6.07, 6.45) is 0. The summed E-state index contributed by atoms with van der Waals surface area (Å²) in [5.74, 6) is -0.845. The molecule has 0 saturated carbocycles. The summed E-state index contributed by atoms with van der Waals surface area (Å²) in [7, 11) is 1.38. The maximum Gasteiger partial charge on any atom is 0.170 e. The number of hydrogen-bond acceptors (Lipinski definition) is 2. The molecule has 2 aromatic rings. The average molecular weight is 328 g/mol. The molecule has 0 bridgehead atoms. The number of rotatable bonds is 3. The fourth-order valence-corrected chi connectivity index (χ4v) is 2.06. The second-order valence-electron chi connectivity index (χ2n) is 4.01. The molecule has 0 aliphatic carbocycles. The molecule has 2 N–H and O–H groups in total. The van der Waals surface area contributed by atoms with Crippen LogP contribution in [0.1, 0.15) is 17.2 Å². The van der Waals surface area contributed by atoms with Crippen molar-refractivity contribution in [2.75, 3.05) is 7.11 Å². The van der Waals surface area contributed by atoms with Crippen molar-refractivity contribution < 1.29 is 13.5 Å². The van der Waals surface area contributed by atoms with E-state index in [1.807, 2.05) is 0 Å². The van der Waals surface area contributed by atoms with Gasteiger partial charge in [-0.25, -0.2) is 8.78 Å². The quantitative estimate of drug-likeness (QED) is 0.931. The highest BCUT2D eigenvalue weighted by atomic mass is 79.9.